The number of carbonyl (C=O) groups is 1. The molecule has 0 aliphatic carbocycles. The number of nitrogens with zero attached hydrogens (tertiary/aromatic N) is 1. The van der Waals surface area contributed by atoms with E-state index in [2.05, 4.69) is 43.8 Å². The summed E-state index contributed by atoms with van der Waals surface area (Å²) < 4.78 is 6.16. The lowest BCUT2D eigenvalue weighted by Crippen LogP contribution is -2.41. The Morgan fingerprint density at radius 1 is 1.33 bits per heavy atom. The van der Waals surface area contributed by atoms with Crippen LogP contribution in [-0.4, -0.2) is 31.2 Å². The summed E-state index contributed by atoms with van der Waals surface area (Å²) in [6, 6.07) is 5.49. The van der Waals surface area contributed by atoms with Gasteiger partial charge >= 0.3 is 0 Å². The Morgan fingerprint density at radius 3 is 2.67 bits per heavy atom. The lowest BCUT2D eigenvalue weighted by molar-refractivity contribution is 0.112. The molecule has 1 heterocycles. The van der Waals surface area contributed by atoms with Gasteiger partial charge in [0.1, 0.15) is 12.1 Å². The summed E-state index contributed by atoms with van der Waals surface area (Å²) in [5, 5.41) is 0.222. The van der Waals surface area contributed by atoms with Crippen molar-refractivity contribution in [2.24, 2.45) is 0 Å². The maximum absolute atomic E-state index is 10.8. The largest absolute Gasteiger partial charge is 0.416 e. The maximum atomic E-state index is 10.8. The second-order valence-electron chi connectivity index (χ2n) is 6.94. The van der Waals surface area contributed by atoms with Crippen molar-refractivity contribution in [1.29, 1.82) is 0 Å². The smallest absolute Gasteiger partial charge is 0.191 e. The van der Waals surface area contributed by atoms with Crippen molar-refractivity contribution in [3.8, 4) is 0 Å². The van der Waals surface area contributed by atoms with Gasteiger partial charge in [0.05, 0.1) is 11.0 Å². The van der Waals surface area contributed by atoms with Gasteiger partial charge in [-0.25, -0.2) is 4.98 Å². The van der Waals surface area contributed by atoms with Gasteiger partial charge in [0.15, 0.2) is 8.32 Å². The van der Waals surface area contributed by atoms with Crippen LogP contribution in [0.3, 0.4) is 0 Å². The van der Waals surface area contributed by atoms with Gasteiger partial charge in [-0.15, -0.1) is 0 Å². The Bertz CT molecular complexity index is 641. The summed E-state index contributed by atoms with van der Waals surface area (Å²) in [5.74, 6) is 0.909. The molecule has 4 nitrogen and oxygen atoms in total. The average Bonchev–Trinajstić information content (AvgIpc) is 2.78. The van der Waals surface area contributed by atoms with Crippen LogP contribution in [0.15, 0.2) is 18.2 Å². The van der Waals surface area contributed by atoms with Crippen LogP contribution >= 0.6 is 0 Å². The molecule has 1 aromatic carbocycles. The highest BCUT2D eigenvalue weighted by Gasteiger charge is 2.36. The molecule has 0 amide bonds. The van der Waals surface area contributed by atoms with Crippen molar-refractivity contribution in [2.75, 3.05) is 6.61 Å². The summed E-state index contributed by atoms with van der Waals surface area (Å²) in [6.07, 6.45) is 1.60. The number of nitrogens with one attached hydrogen (secondary N) is 1. The zero-order valence-corrected chi connectivity index (χ0v) is 14.5. The van der Waals surface area contributed by atoms with Crippen molar-refractivity contribution in [3.63, 3.8) is 0 Å². The first-order chi connectivity index (χ1) is 9.73. The van der Waals surface area contributed by atoms with Gasteiger partial charge in [0, 0.05) is 18.6 Å². The molecule has 114 valence electrons. The molecular weight excluding hydrogens is 280 g/mol. The standard InChI is InChI=1S/C16H24N2O2Si/c1-16(2,3)21(4,5)20-9-8-15-17-13-7-6-12(11-19)10-14(13)18-15/h6-7,10-11H,8-9H2,1-5H3,(H,17,18). The Labute approximate surface area is 127 Å². The SMILES string of the molecule is CC(C)(C)[Si](C)(C)OCCc1nc2cc(C=O)ccc2[nH]1. The van der Waals surface area contributed by atoms with Crippen molar-refractivity contribution >= 4 is 25.6 Å². The highest BCUT2D eigenvalue weighted by molar-refractivity contribution is 6.74. The van der Waals surface area contributed by atoms with Crippen molar-refractivity contribution in [2.45, 2.75) is 45.3 Å². The summed E-state index contributed by atoms with van der Waals surface area (Å²) in [6.45, 7) is 11.9. The van der Waals surface area contributed by atoms with Gasteiger partial charge in [-0.3, -0.25) is 4.79 Å². The fourth-order valence-corrected chi connectivity index (χ4v) is 2.93. The second kappa shape index (κ2) is 5.73. The van der Waals surface area contributed by atoms with Crippen LogP contribution in [0.5, 0.6) is 0 Å². The first-order valence-corrected chi connectivity index (χ1v) is 10.2. The Hall–Kier alpha value is -1.46. The van der Waals surface area contributed by atoms with Crippen LogP contribution in [0.4, 0.5) is 0 Å². The van der Waals surface area contributed by atoms with Crippen LogP contribution in [0.2, 0.25) is 18.1 Å². The molecule has 21 heavy (non-hydrogen) atoms. The molecule has 0 aliphatic rings. The Morgan fingerprint density at radius 2 is 2.05 bits per heavy atom. The lowest BCUT2D eigenvalue weighted by atomic mass is 10.2. The van der Waals surface area contributed by atoms with Gasteiger partial charge in [-0.1, -0.05) is 20.8 Å². The number of aromatic nitrogens is 2. The van der Waals surface area contributed by atoms with Gasteiger partial charge < -0.3 is 9.41 Å². The summed E-state index contributed by atoms with van der Waals surface area (Å²) >= 11 is 0. The molecule has 0 unspecified atom stereocenters. The minimum absolute atomic E-state index is 0.222. The van der Waals surface area contributed by atoms with Crippen LogP contribution in [0.1, 0.15) is 37.0 Å². The zero-order valence-electron chi connectivity index (χ0n) is 13.5. The third-order valence-electron chi connectivity index (χ3n) is 4.30. The minimum Gasteiger partial charge on any atom is -0.416 e. The first-order valence-electron chi connectivity index (χ1n) is 7.31. The number of aromatic amines is 1. The lowest BCUT2D eigenvalue weighted by Gasteiger charge is -2.36. The number of hydrogen-bond acceptors (Lipinski definition) is 3. The number of fused-ring (bicyclic) bond motifs is 1. The van der Waals surface area contributed by atoms with Gasteiger partial charge in [0.2, 0.25) is 0 Å². The normalized spacial score (nSPS) is 12.8. The van der Waals surface area contributed by atoms with E-state index in [1.807, 2.05) is 6.07 Å². The summed E-state index contributed by atoms with van der Waals surface area (Å²) in [7, 11) is -1.70. The molecule has 2 rings (SSSR count). The molecule has 0 saturated carbocycles. The van der Waals surface area contributed by atoms with Gasteiger partial charge in [-0.2, -0.15) is 0 Å². The summed E-state index contributed by atoms with van der Waals surface area (Å²) in [5.41, 5.74) is 2.45. The van der Waals surface area contributed by atoms with E-state index in [9.17, 15) is 4.79 Å². The Balaban J connectivity index is 2.03. The van der Waals surface area contributed by atoms with Crippen molar-refractivity contribution in [3.05, 3.63) is 29.6 Å². The average molecular weight is 304 g/mol. The third-order valence-corrected chi connectivity index (χ3v) is 8.84. The Kier molecular flexibility index (Phi) is 4.34. The number of carbonyl (C=O) groups excluding carboxylic acids is 1. The third kappa shape index (κ3) is 3.60. The molecule has 0 radical (unpaired) electrons. The van der Waals surface area contributed by atoms with E-state index in [4.69, 9.17) is 4.43 Å². The number of aldehydes is 1. The van der Waals surface area contributed by atoms with Crippen LogP contribution in [-0.2, 0) is 10.8 Å². The van der Waals surface area contributed by atoms with Crippen LogP contribution in [0, 0.1) is 0 Å². The van der Waals surface area contributed by atoms with Gasteiger partial charge in [-0.05, 0) is 36.3 Å². The highest BCUT2D eigenvalue weighted by Crippen LogP contribution is 2.36. The monoisotopic (exact) mass is 304 g/mol. The molecule has 0 atom stereocenters. The molecule has 0 spiro atoms. The number of benzene rings is 1. The molecule has 2 aromatic rings. The number of H-pyrrole nitrogens is 1. The molecule has 1 aromatic heterocycles. The van der Waals surface area contributed by atoms with E-state index >= 15 is 0 Å². The molecule has 5 heteroatoms. The predicted octanol–water partition coefficient (Wildman–Crippen LogP) is 3.94. The van der Waals surface area contributed by atoms with Crippen LogP contribution in [0.25, 0.3) is 11.0 Å². The number of rotatable bonds is 5. The maximum Gasteiger partial charge on any atom is 0.191 e. The second-order valence-corrected chi connectivity index (χ2v) is 11.7. The van der Waals surface area contributed by atoms with E-state index in [1.54, 1.807) is 12.1 Å². The predicted molar refractivity (Wildman–Crippen MR) is 88.3 cm³/mol. The molecule has 0 bridgehead atoms. The van der Waals surface area contributed by atoms with E-state index in [0.29, 0.717) is 12.2 Å². The molecule has 0 fully saturated rings. The minimum atomic E-state index is -1.70. The topological polar surface area (TPSA) is 55.0 Å². The summed E-state index contributed by atoms with van der Waals surface area (Å²) in [4.78, 5) is 18.6. The van der Waals surface area contributed by atoms with Crippen molar-refractivity contribution < 1.29 is 9.22 Å². The fourth-order valence-electron chi connectivity index (χ4n) is 1.89. The van der Waals surface area contributed by atoms with Crippen LogP contribution < -0.4 is 0 Å². The van der Waals surface area contributed by atoms with E-state index in [-0.39, 0.29) is 5.04 Å². The quantitative estimate of drug-likeness (QED) is 0.672. The molecule has 0 saturated heterocycles. The fraction of sp³-hybridized carbons (Fsp3) is 0.500. The highest BCUT2D eigenvalue weighted by atomic mass is 28.4. The molecule has 1 N–H and O–H groups in total. The van der Waals surface area contributed by atoms with E-state index in [1.165, 1.54) is 0 Å². The molecule has 0 aliphatic heterocycles. The van der Waals surface area contributed by atoms with E-state index in [0.717, 1.165) is 29.6 Å². The molecular formula is C16H24N2O2Si. The number of imidazole rings is 1. The first kappa shape index (κ1) is 15.9. The van der Waals surface area contributed by atoms with Gasteiger partial charge in [0.25, 0.3) is 0 Å². The zero-order chi connectivity index (χ0) is 15.7. The van der Waals surface area contributed by atoms with E-state index < -0.39 is 8.32 Å². The number of hydrogen-bond donors (Lipinski definition) is 1. The van der Waals surface area contributed by atoms with Crippen molar-refractivity contribution in [1.82, 2.24) is 9.97 Å².